The number of aryl methyl sites for hydroxylation is 1. The van der Waals surface area contributed by atoms with Gasteiger partial charge in [-0.15, -0.1) is 11.8 Å². The lowest BCUT2D eigenvalue weighted by Gasteiger charge is -2.39. The first-order valence-electron chi connectivity index (χ1n) is 13.0. The molecule has 2 fully saturated rings. The number of halogens is 2. The Labute approximate surface area is 223 Å². The summed E-state index contributed by atoms with van der Waals surface area (Å²) in [7, 11) is 0. The lowest BCUT2D eigenvalue weighted by atomic mass is 10.0. The standard InChI is InChI=1S/C28H35Cl2N3OS/c1-2-3-4-5-8-20-15-24(30)21(16-23(20)29)17-31-19-35-18-27(31)28(34)33-14-13-32(22-11-12-22)25-9-6-7-10-26(25)33/h6-7,9-10,15-16,22,27H,2-5,8,11-14,17-19H2,1H3/t27-/m0/s1. The minimum atomic E-state index is -0.149. The molecule has 0 N–H and O–H groups in total. The molecule has 3 aliphatic rings. The van der Waals surface area contributed by atoms with Gasteiger partial charge in [0.15, 0.2) is 0 Å². The van der Waals surface area contributed by atoms with E-state index < -0.39 is 0 Å². The van der Waals surface area contributed by atoms with Crippen LogP contribution in [0.2, 0.25) is 10.0 Å². The highest BCUT2D eigenvalue weighted by Gasteiger charge is 2.39. The minimum Gasteiger partial charge on any atom is -0.365 e. The predicted molar refractivity (Wildman–Crippen MR) is 150 cm³/mol. The highest BCUT2D eigenvalue weighted by Crippen LogP contribution is 2.41. The molecule has 0 radical (unpaired) electrons. The lowest BCUT2D eigenvalue weighted by Crippen LogP contribution is -2.52. The lowest BCUT2D eigenvalue weighted by molar-refractivity contribution is -0.122. The van der Waals surface area contributed by atoms with Crippen LogP contribution in [0.4, 0.5) is 11.4 Å². The summed E-state index contributed by atoms with van der Waals surface area (Å²) in [4.78, 5) is 20.6. The third-order valence-corrected chi connectivity index (χ3v) is 9.22. The van der Waals surface area contributed by atoms with Crippen molar-refractivity contribution in [3.63, 3.8) is 0 Å². The van der Waals surface area contributed by atoms with Crippen molar-refractivity contribution in [1.82, 2.24) is 4.90 Å². The Balaban J connectivity index is 1.29. The molecule has 2 aromatic carbocycles. The van der Waals surface area contributed by atoms with Gasteiger partial charge in [-0.1, -0.05) is 61.5 Å². The zero-order valence-electron chi connectivity index (χ0n) is 20.5. The number of amides is 1. The molecule has 1 atom stereocenters. The Kier molecular flexibility index (Phi) is 8.18. The van der Waals surface area contributed by atoms with Gasteiger partial charge in [0.05, 0.1) is 17.4 Å². The molecule has 0 spiro atoms. The van der Waals surface area contributed by atoms with Crippen molar-refractivity contribution in [3.05, 3.63) is 57.6 Å². The van der Waals surface area contributed by atoms with E-state index >= 15 is 0 Å². The molecule has 5 rings (SSSR count). The molecular formula is C28H35Cl2N3OS. The van der Waals surface area contributed by atoms with Gasteiger partial charge in [0.1, 0.15) is 0 Å². The highest BCUT2D eigenvalue weighted by atomic mass is 35.5. The van der Waals surface area contributed by atoms with Gasteiger partial charge in [0.2, 0.25) is 5.91 Å². The van der Waals surface area contributed by atoms with E-state index in [9.17, 15) is 4.79 Å². The first-order chi connectivity index (χ1) is 17.1. The van der Waals surface area contributed by atoms with Crippen molar-refractivity contribution in [2.24, 2.45) is 0 Å². The van der Waals surface area contributed by atoms with Crippen molar-refractivity contribution >= 4 is 52.2 Å². The molecule has 1 amide bonds. The number of para-hydroxylation sites is 2. The van der Waals surface area contributed by atoms with Crippen LogP contribution >= 0.6 is 35.0 Å². The number of carbonyl (C=O) groups excluding carboxylic acids is 1. The van der Waals surface area contributed by atoms with Gasteiger partial charge in [-0.25, -0.2) is 0 Å². The van der Waals surface area contributed by atoms with E-state index in [-0.39, 0.29) is 11.9 Å². The fourth-order valence-electron chi connectivity index (χ4n) is 5.32. The number of rotatable bonds is 9. The van der Waals surface area contributed by atoms with Crippen molar-refractivity contribution in [1.29, 1.82) is 0 Å². The van der Waals surface area contributed by atoms with Gasteiger partial charge in [-0.3, -0.25) is 9.69 Å². The van der Waals surface area contributed by atoms with Crippen LogP contribution in [-0.2, 0) is 17.8 Å². The summed E-state index contributed by atoms with van der Waals surface area (Å²) in [6, 6.07) is 13.0. The predicted octanol–water partition coefficient (Wildman–Crippen LogP) is 7.01. The maximum Gasteiger partial charge on any atom is 0.245 e. The van der Waals surface area contributed by atoms with Crippen LogP contribution in [0.1, 0.15) is 56.6 Å². The van der Waals surface area contributed by atoms with Crippen LogP contribution in [-0.4, -0.2) is 47.6 Å². The van der Waals surface area contributed by atoms with Crippen LogP contribution in [0.3, 0.4) is 0 Å². The molecule has 188 valence electrons. The van der Waals surface area contributed by atoms with E-state index in [1.807, 2.05) is 34.9 Å². The number of thioether (sulfide) groups is 1. The van der Waals surface area contributed by atoms with Gasteiger partial charge in [0.25, 0.3) is 0 Å². The molecular weight excluding hydrogens is 497 g/mol. The molecule has 2 aliphatic heterocycles. The zero-order valence-corrected chi connectivity index (χ0v) is 22.8. The topological polar surface area (TPSA) is 26.8 Å². The Hall–Kier alpha value is -1.40. The second-order valence-corrected chi connectivity index (χ2v) is 11.8. The van der Waals surface area contributed by atoms with E-state index in [0.29, 0.717) is 12.6 Å². The van der Waals surface area contributed by atoms with Crippen molar-refractivity contribution in [2.45, 2.75) is 70.5 Å². The second kappa shape index (κ2) is 11.3. The zero-order chi connectivity index (χ0) is 24.4. The highest BCUT2D eigenvalue weighted by molar-refractivity contribution is 7.99. The van der Waals surface area contributed by atoms with Gasteiger partial charge in [-0.2, -0.15) is 0 Å². The van der Waals surface area contributed by atoms with E-state index in [1.165, 1.54) is 37.8 Å². The normalized spacial score (nSPS) is 20.4. The fourth-order valence-corrected chi connectivity index (χ4v) is 7.04. The van der Waals surface area contributed by atoms with Crippen LogP contribution < -0.4 is 9.80 Å². The fraction of sp³-hybridized carbons (Fsp3) is 0.536. The number of fused-ring (bicyclic) bond motifs is 1. The van der Waals surface area contributed by atoms with Crippen LogP contribution in [0.25, 0.3) is 0 Å². The minimum absolute atomic E-state index is 0.149. The molecule has 4 nitrogen and oxygen atoms in total. The molecule has 1 saturated carbocycles. The van der Waals surface area contributed by atoms with Crippen LogP contribution in [0, 0.1) is 0 Å². The summed E-state index contributed by atoms with van der Waals surface area (Å²) in [5.74, 6) is 1.84. The summed E-state index contributed by atoms with van der Waals surface area (Å²) in [6.07, 6.45) is 8.32. The van der Waals surface area contributed by atoms with Crippen molar-refractivity contribution < 1.29 is 4.79 Å². The van der Waals surface area contributed by atoms with E-state index in [2.05, 4.69) is 34.9 Å². The molecule has 1 aliphatic carbocycles. The van der Waals surface area contributed by atoms with Gasteiger partial charge < -0.3 is 9.80 Å². The summed E-state index contributed by atoms with van der Waals surface area (Å²) < 4.78 is 0. The first-order valence-corrected chi connectivity index (χ1v) is 14.9. The molecule has 0 unspecified atom stereocenters. The van der Waals surface area contributed by atoms with Gasteiger partial charge >= 0.3 is 0 Å². The number of anilines is 2. The van der Waals surface area contributed by atoms with Crippen molar-refractivity contribution in [3.8, 4) is 0 Å². The Morgan fingerprint density at radius 2 is 1.74 bits per heavy atom. The summed E-state index contributed by atoms with van der Waals surface area (Å²) >= 11 is 15.2. The average Bonchev–Trinajstić information content (AvgIpc) is 3.61. The average molecular weight is 533 g/mol. The van der Waals surface area contributed by atoms with E-state index in [4.69, 9.17) is 23.2 Å². The molecule has 1 saturated heterocycles. The van der Waals surface area contributed by atoms with Gasteiger partial charge in [0, 0.05) is 47.4 Å². The molecule has 0 bridgehead atoms. The first kappa shape index (κ1) is 25.3. The number of carbonyl (C=O) groups is 1. The second-order valence-electron chi connectivity index (χ2n) is 10.0. The monoisotopic (exact) mass is 531 g/mol. The number of hydrogen-bond donors (Lipinski definition) is 0. The molecule has 2 aromatic rings. The summed E-state index contributed by atoms with van der Waals surface area (Å²) in [5.41, 5.74) is 4.40. The number of hydrogen-bond acceptors (Lipinski definition) is 4. The van der Waals surface area contributed by atoms with Gasteiger partial charge in [-0.05, 0) is 61.1 Å². The maximum atomic E-state index is 13.8. The molecule has 0 aromatic heterocycles. The summed E-state index contributed by atoms with van der Waals surface area (Å²) in [6.45, 7) is 4.52. The van der Waals surface area contributed by atoms with Crippen LogP contribution in [0.15, 0.2) is 36.4 Å². The Morgan fingerprint density at radius 3 is 2.51 bits per heavy atom. The number of nitrogens with zero attached hydrogens (tertiary/aromatic N) is 3. The third-order valence-electron chi connectivity index (χ3n) is 7.45. The Bertz CT molecular complexity index is 1060. The summed E-state index contributed by atoms with van der Waals surface area (Å²) in [5, 5.41) is 1.55. The van der Waals surface area contributed by atoms with E-state index in [1.54, 1.807) is 0 Å². The smallest absolute Gasteiger partial charge is 0.245 e. The van der Waals surface area contributed by atoms with E-state index in [0.717, 1.165) is 64.4 Å². The molecule has 35 heavy (non-hydrogen) atoms. The molecule has 2 heterocycles. The SMILES string of the molecule is CCCCCCc1cc(Cl)c(CN2CSC[C@H]2C(=O)N2CCN(C3CC3)c3ccccc32)cc1Cl. The molecule has 7 heteroatoms. The maximum absolute atomic E-state index is 13.8. The van der Waals surface area contributed by atoms with Crippen LogP contribution in [0.5, 0.6) is 0 Å². The van der Waals surface area contributed by atoms with Crippen molar-refractivity contribution in [2.75, 3.05) is 34.5 Å². The number of unbranched alkanes of at least 4 members (excludes halogenated alkanes) is 3. The largest absolute Gasteiger partial charge is 0.365 e. The quantitative estimate of drug-likeness (QED) is 0.325. The Morgan fingerprint density at radius 1 is 1.00 bits per heavy atom. The number of benzene rings is 2. The third kappa shape index (κ3) is 5.64.